The van der Waals surface area contributed by atoms with Gasteiger partial charge in [-0.25, -0.2) is 4.79 Å². The number of imide groups is 1. The van der Waals surface area contributed by atoms with Gasteiger partial charge in [-0.1, -0.05) is 24.3 Å². The van der Waals surface area contributed by atoms with Crippen molar-refractivity contribution in [1.82, 2.24) is 14.0 Å². The number of hydrogen-bond donors (Lipinski definition) is 1. The minimum atomic E-state index is -0.885. The molecule has 4 rings (SSSR count). The number of hydrogen-bond acceptors (Lipinski definition) is 8. The largest absolute Gasteiger partial charge is 0.457 e. The Kier molecular flexibility index (Phi) is 6.08. The number of ether oxygens (including phenoxy) is 1. The summed E-state index contributed by atoms with van der Waals surface area (Å²) < 4.78 is 6.64. The molecule has 0 radical (unpaired) electrons. The number of rotatable bonds is 7. The molecule has 0 unspecified atom stereocenters. The second-order valence-electron chi connectivity index (χ2n) is 8.12. The molecular formula is C24H22N4O7. The lowest BCUT2D eigenvalue weighted by molar-refractivity contribution is -0.142. The van der Waals surface area contributed by atoms with Gasteiger partial charge in [-0.3, -0.25) is 38.0 Å². The Morgan fingerprint density at radius 1 is 0.914 bits per heavy atom. The Morgan fingerprint density at radius 2 is 1.51 bits per heavy atom. The molecular weight excluding hydrogens is 456 g/mol. The highest BCUT2D eigenvalue weighted by Crippen LogP contribution is 2.30. The first-order valence-corrected chi connectivity index (χ1v) is 10.8. The zero-order valence-corrected chi connectivity index (χ0v) is 19.1. The van der Waals surface area contributed by atoms with Crippen LogP contribution in [-0.4, -0.2) is 50.8 Å². The van der Waals surface area contributed by atoms with Crippen LogP contribution in [0.1, 0.15) is 43.9 Å². The van der Waals surface area contributed by atoms with E-state index in [0.717, 1.165) is 19.4 Å². The Hall–Kier alpha value is -4.54. The predicted molar refractivity (Wildman–Crippen MR) is 125 cm³/mol. The van der Waals surface area contributed by atoms with E-state index in [9.17, 15) is 28.8 Å². The van der Waals surface area contributed by atoms with E-state index in [1.807, 2.05) is 12.1 Å². The van der Waals surface area contributed by atoms with Crippen LogP contribution in [0.2, 0.25) is 0 Å². The first-order chi connectivity index (χ1) is 16.6. The van der Waals surface area contributed by atoms with Crippen LogP contribution in [0.4, 0.5) is 5.82 Å². The second-order valence-corrected chi connectivity index (χ2v) is 8.12. The van der Waals surface area contributed by atoms with Crippen molar-refractivity contribution in [2.45, 2.75) is 12.8 Å². The van der Waals surface area contributed by atoms with Crippen molar-refractivity contribution in [2.24, 2.45) is 14.1 Å². The quantitative estimate of drug-likeness (QED) is 0.295. The van der Waals surface area contributed by atoms with Gasteiger partial charge in [0.1, 0.15) is 11.4 Å². The summed E-state index contributed by atoms with van der Waals surface area (Å²) in [5, 5.41) is 1.41. The molecule has 180 valence electrons. The lowest BCUT2D eigenvalue weighted by Crippen LogP contribution is -2.42. The van der Waals surface area contributed by atoms with Crippen LogP contribution in [0, 0.1) is 0 Å². The smallest absolute Gasteiger partial charge is 0.332 e. The third-order valence-electron chi connectivity index (χ3n) is 5.97. The number of aromatic nitrogens is 2. The highest BCUT2D eigenvalue weighted by molar-refractivity contribution is 6.25. The molecule has 35 heavy (non-hydrogen) atoms. The van der Waals surface area contributed by atoms with E-state index in [1.54, 1.807) is 24.3 Å². The number of nitrogens with two attached hydrogens (primary N) is 1. The molecule has 1 aromatic heterocycles. The van der Waals surface area contributed by atoms with Crippen molar-refractivity contribution in [1.29, 1.82) is 0 Å². The van der Waals surface area contributed by atoms with Gasteiger partial charge in [-0.2, -0.15) is 0 Å². The molecule has 0 fully saturated rings. The number of Topliss-reactive ketones (excluding diaryl/α,β-unsaturated/α-hetero) is 1. The molecule has 11 heteroatoms. The summed E-state index contributed by atoms with van der Waals surface area (Å²) in [5.41, 5.74) is 4.54. The molecule has 11 nitrogen and oxygen atoms in total. The number of nitrogens with zero attached hydrogens (tertiary/aromatic N) is 3. The number of carbonyl (C=O) groups excluding carboxylic acids is 4. The van der Waals surface area contributed by atoms with Gasteiger partial charge in [0.25, 0.3) is 17.4 Å². The SMILES string of the molecule is Cn1c(N)c(C(=O)COC(=O)CCCN2C(=O)c3cccc4cccc(c34)C2=O)c(=O)n(C)c1=O. The molecule has 2 aromatic carbocycles. The first kappa shape index (κ1) is 23.6. The van der Waals surface area contributed by atoms with Gasteiger partial charge in [0.05, 0.1) is 0 Å². The first-order valence-electron chi connectivity index (χ1n) is 10.8. The molecule has 1 aliphatic heterocycles. The Morgan fingerprint density at radius 3 is 2.11 bits per heavy atom. The molecule has 1 aliphatic rings. The standard InChI is InChI=1S/C24H22N4O7/c1-26-20(25)19(23(33)27(2)24(26)34)16(29)12-35-17(30)10-5-11-28-21(31)14-8-3-6-13-7-4-9-15(18(13)14)22(28)32/h3-4,6-9H,5,10-12,25H2,1-2H3. The van der Waals surface area contributed by atoms with Gasteiger partial charge < -0.3 is 10.5 Å². The zero-order chi connectivity index (χ0) is 25.4. The summed E-state index contributed by atoms with van der Waals surface area (Å²) in [5.74, 6) is -2.81. The molecule has 2 heterocycles. The molecule has 0 atom stereocenters. The van der Waals surface area contributed by atoms with Crippen molar-refractivity contribution in [2.75, 3.05) is 18.9 Å². The summed E-state index contributed by atoms with van der Waals surface area (Å²) in [6.45, 7) is -0.757. The van der Waals surface area contributed by atoms with Crippen LogP contribution in [0.15, 0.2) is 46.0 Å². The van der Waals surface area contributed by atoms with Crippen molar-refractivity contribution < 1.29 is 23.9 Å². The summed E-state index contributed by atoms with van der Waals surface area (Å²) in [4.78, 5) is 75.6. The number of carbonyl (C=O) groups is 4. The van der Waals surface area contributed by atoms with E-state index >= 15 is 0 Å². The summed E-state index contributed by atoms with van der Waals surface area (Å²) in [6, 6.07) is 10.5. The second kappa shape index (κ2) is 9.01. The Balaban J connectivity index is 1.37. The molecule has 0 spiro atoms. The van der Waals surface area contributed by atoms with Crippen molar-refractivity contribution >= 4 is 40.2 Å². The summed E-state index contributed by atoms with van der Waals surface area (Å²) >= 11 is 0. The van der Waals surface area contributed by atoms with Crippen LogP contribution in [0.25, 0.3) is 10.8 Å². The van der Waals surface area contributed by atoms with Gasteiger partial charge >= 0.3 is 11.7 Å². The van der Waals surface area contributed by atoms with Crippen molar-refractivity contribution in [3.05, 3.63) is 73.9 Å². The Bertz CT molecular complexity index is 1480. The fourth-order valence-corrected chi connectivity index (χ4v) is 4.08. The van der Waals surface area contributed by atoms with Gasteiger partial charge in [-0.15, -0.1) is 0 Å². The number of amides is 2. The topological polar surface area (TPSA) is 151 Å². The van der Waals surface area contributed by atoms with Crippen LogP contribution >= 0.6 is 0 Å². The lowest BCUT2D eigenvalue weighted by Gasteiger charge is -2.27. The van der Waals surface area contributed by atoms with E-state index in [2.05, 4.69) is 0 Å². The molecule has 3 aromatic rings. The van der Waals surface area contributed by atoms with Crippen molar-refractivity contribution in [3.8, 4) is 0 Å². The molecule has 0 saturated heterocycles. The molecule has 0 bridgehead atoms. The van der Waals surface area contributed by atoms with E-state index in [4.69, 9.17) is 10.5 Å². The van der Waals surface area contributed by atoms with E-state index in [-0.39, 0.29) is 25.2 Å². The number of anilines is 1. The predicted octanol–water partition coefficient (Wildman–Crippen LogP) is 0.622. The number of ketones is 1. The number of benzene rings is 2. The summed E-state index contributed by atoms with van der Waals surface area (Å²) in [6.07, 6.45) is -0.0522. The maximum Gasteiger partial charge on any atom is 0.332 e. The third kappa shape index (κ3) is 4.01. The van der Waals surface area contributed by atoms with Crippen LogP contribution in [-0.2, 0) is 23.6 Å². The third-order valence-corrected chi connectivity index (χ3v) is 5.97. The summed E-state index contributed by atoms with van der Waals surface area (Å²) in [7, 11) is 2.51. The molecule has 2 N–H and O–H groups in total. The monoisotopic (exact) mass is 478 g/mol. The minimum absolute atomic E-state index is 0.0142. The zero-order valence-electron chi connectivity index (χ0n) is 19.1. The average molecular weight is 478 g/mol. The van der Waals surface area contributed by atoms with Crippen LogP contribution < -0.4 is 17.0 Å². The van der Waals surface area contributed by atoms with E-state index < -0.39 is 47.0 Å². The maximum absolute atomic E-state index is 12.9. The normalized spacial score (nSPS) is 12.8. The van der Waals surface area contributed by atoms with E-state index in [0.29, 0.717) is 16.5 Å². The average Bonchev–Trinajstić information content (AvgIpc) is 2.85. The highest BCUT2D eigenvalue weighted by atomic mass is 16.5. The van der Waals surface area contributed by atoms with E-state index in [1.165, 1.54) is 14.1 Å². The molecule has 0 aliphatic carbocycles. The minimum Gasteiger partial charge on any atom is -0.457 e. The Labute approximate surface area is 198 Å². The molecule has 2 amide bonds. The highest BCUT2D eigenvalue weighted by Gasteiger charge is 2.32. The van der Waals surface area contributed by atoms with Gasteiger partial charge in [-0.05, 0) is 23.9 Å². The fourth-order valence-electron chi connectivity index (χ4n) is 4.08. The number of esters is 1. The van der Waals surface area contributed by atoms with Crippen LogP contribution in [0.5, 0.6) is 0 Å². The van der Waals surface area contributed by atoms with Gasteiger partial charge in [0, 0.05) is 43.6 Å². The lowest BCUT2D eigenvalue weighted by atomic mass is 9.94. The fraction of sp³-hybridized carbons (Fsp3) is 0.250. The van der Waals surface area contributed by atoms with Crippen molar-refractivity contribution in [3.63, 3.8) is 0 Å². The van der Waals surface area contributed by atoms with Crippen LogP contribution in [0.3, 0.4) is 0 Å². The maximum atomic E-state index is 12.9. The number of nitrogen functional groups attached to an aromatic ring is 1. The van der Waals surface area contributed by atoms with Gasteiger partial charge in [0.15, 0.2) is 6.61 Å². The molecule has 0 saturated carbocycles. The van der Waals surface area contributed by atoms with Gasteiger partial charge in [0.2, 0.25) is 5.78 Å².